The van der Waals surface area contributed by atoms with Crippen LogP contribution in [0.2, 0.25) is 5.02 Å². The van der Waals surface area contributed by atoms with Crippen LogP contribution in [0.3, 0.4) is 0 Å². The summed E-state index contributed by atoms with van der Waals surface area (Å²) >= 11 is 5.97. The summed E-state index contributed by atoms with van der Waals surface area (Å²) in [7, 11) is 0. The first kappa shape index (κ1) is 14.6. The molecule has 0 fully saturated rings. The third-order valence-corrected chi connectivity index (χ3v) is 3.93. The predicted octanol–water partition coefficient (Wildman–Crippen LogP) is 5.69. The van der Waals surface area contributed by atoms with Gasteiger partial charge in [-0.2, -0.15) is 0 Å². The fourth-order valence-electron chi connectivity index (χ4n) is 2.57. The molecule has 0 radical (unpaired) electrons. The predicted molar refractivity (Wildman–Crippen MR) is 77.7 cm³/mol. The monoisotopic (exact) mass is 252 g/mol. The quantitative estimate of drug-likeness (QED) is 0.648. The third-order valence-electron chi connectivity index (χ3n) is 3.68. The lowest BCUT2D eigenvalue weighted by Crippen LogP contribution is -2.33. The molecule has 1 aromatic carbocycles. The molecule has 1 rings (SSSR count). The standard InChI is InChI=1S/C16H25Cl/c1-12(2)16(6,11-15(3,4)5)13-7-9-14(17)10-8-13/h7-10,12H,11H2,1-6H3. The molecule has 0 heterocycles. The summed E-state index contributed by atoms with van der Waals surface area (Å²) in [6.45, 7) is 13.9. The summed E-state index contributed by atoms with van der Waals surface area (Å²) in [5, 5.41) is 0.815. The van der Waals surface area contributed by atoms with Crippen molar-refractivity contribution in [2.45, 2.75) is 53.4 Å². The summed E-state index contributed by atoms with van der Waals surface area (Å²) < 4.78 is 0. The number of benzene rings is 1. The van der Waals surface area contributed by atoms with Crippen LogP contribution >= 0.6 is 11.6 Å². The van der Waals surface area contributed by atoms with Crippen molar-refractivity contribution in [2.24, 2.45) is 11.3 Å². The third kappa shape index (κ3) is 3.74. The fraction of sp³-hybridized carbons (Fsp3) is 0.625. The van der Waals surface area contributed by atoms with Crippen molar-refractivity contribution in [2.75, 3.05) is 0 Å². The van der Waals surface area contributed by atoms with Crippen LogP contribution < -0.4 is 0 Å². The first-order valence-corrected chi connectivity index (χ1v) is 6.79. The Balaban J connectivity index is 3.12. The molecule has 0 saturated heterocycles. The van der Waals surface area contributed by atoms with Crippen molar-refractivity contribution >= 4 is 11.6 Å². The van der Waals surface area contributed by atoms with Crippen LogP contribution in [-0.2, 0) is 5.41 Å². The van der Waals surface area contributed by atoms with Crippen LogP contribution in [0.1, 0.15) is 53.5 Å². The Bertz CT molecular complexity index is 356. The fourth-order valence-corrected chi connectivity index (χ4v) is 2.70. The Morgan fingerprint density at radius 1 is 1.00 bits per heavy atom. The SMILES string of the molecule is CC(C)C(C)(CC(C)(C)C)c1ccc(Cl)cc1. The lowest BCUT2D eigenvalue weighted by Gasteiger charge is -2.40. The highest BCUT2D eigenvalue weighted by atomic mass is 35.5. The van der Waals surface area contributed by atoms with Crippen molar-refractivity contribution in [3.8, 4) is 0 Å². The molecular formula is C16H25Cl. The zero-order chi connectivity index (χ0) is 13.3. The van der Waals surface area contributed by atoms with E-state index >= 15 is 0 Å². The second-order valence-electron chi connectivity index (χ2n) is 6.82. The van der Waals surface area contributed by atoms with Gasteiger partial charge in [0.15, 0.2) is 0 Å². The molecule has 0 aliphatic heterocycles. The van der Waals surface area contributed by atoms with Gasteiger partial charge in [-0.3, -0.25) is 0 Å². The van der Waals surface area contributed by atoms with Gasteiger partial charge in [0.2, 0.25) is 0 Å². The van der Waals surface area contributed by atoms with Crippen LogP contribution in [0.25, 0.3) is 0 Å². The molecule has 0 amide bonds. The minimum Gasteiger partial charge on any atom is -0.0843 e. The maximum atomic E-state index is 5.97. The van der Waals surface area contributed by atoms with Gasteiger partial charge in [-0.15, -0.1) is 0 Å². The molecule has 0 aliphatic rings. The topological polar surface area (TPSA) is 0 Å². The Morgan fingerprint density at radius 3 is 1.82 bits per heavy atom. The largest absolute Gasteiger partial charge is 0.0843 e. The zero-order valence-electron chi connectivity index (χ0n) is 12.0. The number of halogens is 1. The summed E-state index contributed by atoms with van der Waals surface area (Å²) in [6, 6.07) is 8.35. The van der Waals surface area contributed by atoms with Crippen molar-refractivity contribution < 1.29 is 0 Å². The normalized spacial score (nSPS) is 16.0. The van der Waals surface area contributed by atoms with Gasteiger partial charge in [0.1, 0.15) is 0 Å². The highest BCUT2D eigenvalue weighted by Gasteiger charge is 2.34. The summed E-state index contributed by atoms with van der Waals surface area (Å²) in [5.41, 5.74) is 1.94. The molecule has 0 bridgehead atoms. The van der Waals surface area contributed by atoms with Crippen LogP contribution in [-0.4, -0.2) is 0 Å². The van der Waals surface area contributed by atoms with E-state index in [1.165, 1.54) is 12.0 Å². The highest BCUT2D eigenvalue weighted by molar-refractivity contribution is 6.30. The van der Waals surface area contributed by atoms with Gasteiger partial charge < -0.3 is 0 Å². The van der Waals surface area contributed by atoms with Gasteiger partial charge >= 0.3 is 0 Å². The minimum absolute atomic E-state index is 0.211. The van der Waals surface area contributed by atoms with Gasteiger partial charge in [-0.05, 0) is 40.9 Å². The summed E-state index contributed by atoms with van der Waals surface area (Å²) in [5.74, 6) is 0.614. The van der Waals surface area contributed by atoms with E-state index in [4.69, 9.17) is 11.6 Å². The highest BCUT2D eigenvalue weighted by Crippen LogP contribution is 2.42. The molecule has 0 N–H and O–H groups in total. The molecule has 1 heteroatoms. The molecule has 1 unspecified atom stereocenters. The van der Waals surface area contributed by atoms with E-state index in [1.54, 1.807) is 0 Å². The molecule has 0 aromatic heterocycles. The van der Waals surface area contributed by atoms with E-state index in [1.807, 2.05) is 12.1 Å². The first-order chi connectivity index (χ1) is 7.65. The van der Waals surface area contributed by atoms with Gasteiger partial charge in [0, 0.05) is 5.02 Å². The maximum Gasteiger partial charge on any atom is 0.0406 e. The number of hydrogen-bond donors (Lipinski definition) is 0. The maximum absolute atomic E-state index is 5.97. The molecule has 0 nitrogen and oxygen atoms in total. The van der Waals surface area contributed by atoms with Crippen molar-refractivity contribution in [1.29, 1.82) is 0 Å². The summed E-state index contributed by atoms with van der Waals surface area (Å²) in [4.78, 5) is 0. The second kappa shape index (κ2) is 5.02. The number of hydrogen-bond acceptors (Lipinski definition) is 0. The smallest absolute Gasteiger partial charge is 0.0406 e. The van der Waals surface area contributed by atoms with Gasteiger partial charge in [-0.25, -0.2) is 0 Å². The molecular weight excluding hydrogens is 228 g/mol. The van der Waals surface area contributed by atoms with Crippen molar-refractivity contribution in [1.82, 2.24) is 0 Å². The van der Waals surface area contributed by atoms with Crippen LogP contribution in [0.15, 0.2) is 24.3 Å². The Hall–Kier alpha value is -0.490. The molecule has 0 saturated carbocycles. The van der Waals surface area contributed by atoms with E-state index in [9.17, 15) is 0 Å². The number of rotatable bonds is 3. The van der Waals surface area contributed by atoms with E-state index in [0.29, 0.717) is 11.3 Å². The molecule has 1 atom stereocenters. The lowest BCUT2D eigenvalue weighted by atomic mass is 9.65. The Labute approximate surface area is 111 Å². The van der Waals surface area contributed by atoms with E-state index in [-0.39, 0.29) is 5.41 Å². The van der Waals surface area contributed by atoms with Crippen LogP contribution in [0.4, 0.5) is 0 Å². The first-order valence-electron chi connectivity index (χ1n) is 6.41. The van der Waals surface area contributed by atoms with E-state index in [0.717, 1.165) is 5.02 Å². The minimum atomic E-state index is 0.211. The molecule has 1 aromatic rings. The van der Waals surface area contributed by atoms with Gasteiger partial charge in [0.05, 0.1) is 0 Å². The zero-order valence-corrected chi connectivity index (χ0v) is 12.7. The van der Waals surface area contributed by atoms with Gasteiger partial charge in [-0.1, -0.05) is 65.3 Å². The van der Waals surface area contributed by atoms with Crippen LogP contribution in [0.5, 0.6) is 0 Å². The van der Waals surface area contributed by atoms with E-state index < -0.39 is 0 Å². The van der Waals surface area contributed by atoms with Crippen LogP contribution in [0, 0.1) is 11.3 Å². The lowest BCUT2D eigenvalue weighted by molar-refractivity contribution is 0.212. The molecule has 0 spiro atoms. The average Bonchev–Trinajstić information content (AvgIpc) is 2.15. The summed E-state index contributed by atoms with van der Waals surface area (Å²) in [6.07, 6.45) is 1.18. The van der Waals surface area contributed by atoms with Gasteiger partial charge in [0.25, 0.3) is 0 Å². The second-order valence-corrected chi connectivity index (χ2v) is 7.25. The Kier molecular flexibility index (Phi) is 4.30. The van der Waals surface area contributed by atoms with Crippen molar-refractivity contribution in [3.05, 3.63) is 34.9 Å². The molecule has 96 valence electrons. The average molecular weight is 253 g/mol. The van der Waals surface area contributed by atoms with Crippen molar-refractivity contribution in [3.63, 3.8) is 0 Å². The Morgan fingerprint density at radius 2 is 1.47 bits per heavy atom. The van der Waals surface area contributed by atoms with E-state index in [2.05, 4.69) is 53.7 Å². The molecule has 17 heavy (non-hydrogen) atoms. The molecule has 0 aliphatic carbocycles.